The highest BCUT2D eigenvalue weighted by atomic mass is 79.9. The Kier molecular flexibility index (Phi) is 8.46. The van der Waals surface area contributed by atoms with Crippen molar-refractivity contribution in [2.75, 3.05) is 13.1 Å². The maximum Gasteiger partial charge on any atom is 0.322 e. The Morgan fingerprint density at radius 1 is 1.22 bits per heavy atom. The molecule has 1 fully saturated rings. The van der Waals surface area contributed by atoms with E-state index in [-0.39, 0.29) is 24.8 Å². The van der Waals surface area contributed by atoms with Crippen molar-refractivity contribution in [1.29, 1.82) is 0 Å². The van der Waals surface area contributed by atoms with E-state index >= 15 is 0 Å². The standard InChI is InChI=1S/C18H19BrN2O4S2/c19-13-7-5-12(6-8-13)10-14-17(25)21(18(26)27-14)9-3-1-2-4-15(22)20-11-16(23)24/h5-8,10H,1-4,9,11H2,(H,20,22)(H,23,24)/b14-10-. The van der Waals surface area contributed by atoms with Gasteiger partial charge in [-0.1, -0.05) is 58.5 Å². The van der Waals surface area contributed by atoms with E-state index in [1.807, 2.05) is 30.3 Å². The maximum absolute atomic E-state index is 12.5. The lowest BCUT2D eigenvalue weighted by Gasteiger charge is -2.14. The number of aliphatic carboxylic acids is 1. The summed E-state index contributed by atoms with van der Waals surface area (Å²) < 4.78 is 1.52. The monoisotopic (exact) mass is 470 g/mol. The summed E-state index contributed by atoms with van der Waals surface area (Å²) in [5.74, 6) is -1.43. The van der Waals surface area contributed by atoms with Crippen molar-refractivity contribution in [3.63, 3.8) is 0 Å². The number of carboxylic acids is 1. The van der Waals surface area contributed by atoms with Gasteiger partial charge in [-0.3, -0.25) is 19.3 Å². The maximum atomic E-state index is 12.5. The van der Waals surface area contributed by atoms with Gasteiger partial charge < -0.3 is 10.4 Å². The molecule has 0 unspecified atom stereocenters. The second kappa shape index (κ2) is 10.6. The lowest BCUT2D eigenvalue weighted by Crippen LogP contribution is -2.29. The Bertz CT molecular complexity index is 765. The van der Waals surface area contributed by atoms with Gasteiger partial charge in [0, 0.05) is 17.4 Å². The lowest BCUT2D eigenvalue weighted by atomic mass is 10.1. The van der Waals surface area contributed by atoms with Gasteiger partial charge in [0.1, 0.15) is 10.9 Å². The molecule has 1 aliphatic rings. The van der Waals surface area contributed by atoms with Crippen LogP contribution in [0, 0.1) is 0 Å². The first kappa shape index (κ1) is 21.6. The highest BCUT2D eigenvalue weighted by molar-refractivity contribution is 9.10. The molecule has 1 aromatic carbocycles. The van der Waals surface area contributed by atoms with Crippen LogP contribution in [-0.4, -0.2) is 45.2 Å². The van der Waals surface area contributed by atoms with E-state index in [2.05, 4.69) is 21.2 Å². The number of nitrogens with one attached hydrogen (secondary N) is 1. The van der Waals surface area contributed by atoms with Crippen LogP contribution in [0.15, 0.2) is 33.6 Å². The van der Waals surface area contributed by atoms with Crippen LogP contribution in [0.4, 0.5) is 0 Å². The van der Waals surface area contributed by atoms with Crippen LogP contribution in [0.1, 0.15) is 31.2 Å². The number of amides is 2. The van der Waals surface area contributed by atoms with Crippen LogP contribution >= 0.6 is 39.9 Å². The molecule has 0 atom stereocenters. The second-order valence-corrected chi connectivity index (χ2v) is 8.46. The van der Waals surface area contributed by atoms with Crippen molar-refractivity contribution in [1.82, 2.24) is 10.2 Å². The molecular formula is C18H19BrN2O4S2. The van der Waals surface area contributed by atoms with E-state index in [0.717, 1.165) is 22.9 Å². The number of hydrogen-bond acceptors (Lipinski definition) is 5. The summed E-state index contributed by atoms with van der Waals surface area (Å²) in [6.45, 7) is 0.152. The minimum Gasteiger partial charge on any atom is -0.480 e. The highest BCUT2D eigenvalue weighted by Crippen LogP contribution is 2.32. The third-order valence-corrected chi connectivity index (χ3v) is 5.67. The van der Waals surface area contributed by atoms with Crippen LogP contribution in [0.3, 0.4) is 0 Å². The average molecular weight is 471 g/mol. The van der Waals surface area contributed by atoms with Crippen LogP contribution in [-0.2, 0) is 14.4 Å². The Hall–Kier alpha value is -1.71. The molecule has 144 valence electrons. The minimum atomic E-state index is -1.06. The van der Waals surface area contributed by atoms with E-state index < -0.39 is 5.97 Å². The van der Waals surface area contributed by atoms with Crippen LogP contribution in [0.2, 0.25) is 0 Å². The Labute approximate surface area is 175 Å². The van der Waals surface area contributed by atoms with Crippen molar-refractivity contribution < 1.29 is 19.5 Å². The molecule has 1 aromatic rings. The second-order valence-electron chi connectivity index (χ2n) is 5.87. The molecule has 0 spiro atoms. The van der Waals surface area contributed by atoms with Gasteiger partial charge in [-0.2, -0.15) is 0 Å². The number of carboxylic acid groups (broad SMARTS) is 1. The number of benzene rings is 1. The zero-order chi connectivity index (χ0) is 19.8. The molecule has 1 aliphatic heterocycles. The number of nitrogens with zero attached hydrogens (tertiary/aromatic N) is 1. The fourth-order valence-electron chi connectivity index (χ4n) is 2.40. The topological polar surface area (TPSA) is 86.7 Å². The molecule has 2 rings (SSSR count). The van der Waals surface area contributed by atoms with Crippen molar-refractivity contribution in [3.8, 4) is 0 Å². The first-order chi connectivity index (χ1) is 12.9. The number of hydrogen-bond donors (Lipinski definition) is 2. The largest absolute Gasteiger partial charge is 0.480 e. The number of carbonyl (C=O) groups excluding carboxylic acids is 2. The third-order valence-electron chi connectivity index (χ3n) is 3.76. The number of halogens is 1. The molecule has 1 heterocycles. The Balaban J connectivity index is 1.76. The first-order valence-corrected chi connectivity index (χ1v) is 10.4. The average Bonchev–Trinajstić information content (AvgIpc) is 2.88. The van der Waals surface area contributed by atoms with Gasteiger partial charge in [0.2, 0.25) is 5.91 Å². The summed E-state index contributed by atoms with van der Waals surface area (Å²) in [5.41, 5.74) is 0.936. The first-order valence-electron chi connectivity index (χ1n) is 8.36. The van der Waals surface area contributed by atoms with Crippen molar-refractivity contribution >= 4 is 68.1 Å². The smallest absolute Gasteiger partial charge is 0.322 e. The van der Waals surface area contributed by atoms with Crippen LogP contribution < -0.4 is 5.32 Å². The van der Waals surface area contributed by atoms with Gasteiger partial charge in [0.05, 0.1) is 4.91 Å². The quantitative estimate of drug-likeness (QED) is 0.326. The van der Waals surface area contributed by atoms with Crippen LogP contribution in [0.25, 0.3) is 6.08 Å². The zero-order valence-electron chi connectivity index (χ0n) is 14.4. The Morgan fingerprint density at radius 3 is 2.59 bits per heavy atom. The van der Waals surface area contributed by atoms with Gasteiger partial charge in [-0.05, 0) is 36.6 Å². The van der Waals surface area contributed by atoms with E-state index in [1.54, 1.807) is 4.90 Å². The molecule has 1 saturated heterocycles. The summed E-state index contributed by atoms with van der Waals surface area (Å²) in [7, 11) is 0. The third kappa shape index (κ3) is 7.08. The van der Waals surface area contributed by atoms with Crippen molar-refractivity contribution in [2.45, 2.75) is 25.7 Å². The minimum absolute atomic E-state index is 0.0906. The van der Waals surface area contributed by atoms with Crippen molar-refractivity contribution in [2.24, 2.45) is 0 Å². The molecule has 27 heavy (non-hydrogen) atoms. The predicted molar refractivity (Wildman–Crippen MR) is 113 cm³/mol. The van der Waals surface area contributed by atoms with Gasteiger partial charge in [0.15, 0.2) is 0 Å². The lowest BCUT2D eigenvalue weighted by molar-refractivity contribution is -0.137. The molecule has 9 heteroatoms. The molecule has 0 saturated carbocycles. The van der Waals surface area contributed by atoms with Crippen molar-refractivity contribution in [3.05, 3.63) is 39.2 Å². The van der Waals surface area contributed by atoms with Gasteiger partial charge in [-0.15, -0.1) is 0 Å². The molecule has 0 radical (unpaired) electrons. The molecule has 6 nitrogen and oxygen atoms in total. The van der Waals surface area contributed by atoms with Gasteiger partial charge >= 0.3 is 5.97 Å². The number of thiocarbonyl (C=S) groups is 1. The summed E-state index contributed by atoms with van der Waals surface area (Å²) >= 11 is 9.99. The van der Waals surface area contributed by atoms with E-state index in [1.165, 1.54) is 11.8 Å². The number of unbranched alkanes of at least 4 members (excludes halogenated alkanes) is 2. The number of rotatable bonds is 9. The summed E-state index contributed by atoms with van der Waals surface area (Å²) in [4.78, 5) is 36.5. The van der Waals surface area contributed by atoms with E-state index in [0.29, 0.717) is 22.2 Å². The van der Waals surface area contributed by atoms with E-state index in [9.17, 15) is 14.4 Å². The molecule has 0 aliphatic carbocycles. The normalized spacial score (nSPS) is 15.4. The fourth-order valence-corrected chi connectivity index (χ4v) is 3.97. The SMILES string of the molecule is O=C(O)CNC(=O)CCCCCN1C(=O)/C(=C/c2ccc(Br)cc2)SC1=S. The summed E-state index contributed by atoms with van der Waals surface area (Å²) in [5, 5.41) is 10.8. The zero-order valence-corrected chi connectivity index (χ0v) is 17.7. The molecular weight excluding hydrogens is 452 g/mol. The van der Waals surface area contributed by atoms with E-state index in [4.69, 9.17) is 17.3 Å². The highest BCUT2D eigenvalue weighted by Gasteiger charge is 2.31. The number of thioether (sulfide) groups is 1. The molecule has 2 amide bonds. The molecule has 2 N–H and O–H groups in total. The Morgan fingerprint density at radius 2 is 1.93 bits per heavy atom. The van der Waals surface area contributed by atoms with Crippen LogP contribution in [0.5, 0.6) is 0 Å². The summed E-state index contributed by atoms with van der Waals surface area (Å²) in [6, 6.07) is 7.68. The van der Waals surface area contributed by atoms with Gasteiger partial charge in [-0.25, -0.2) is 0 Å². The predicted octanol–water partition coefficient (Wildman–Crippen LogP) is 3.41. The van der Waals surface area contributed by atoms with Gasteiger partial charge in [0.25, 0.3) is 5.91 Å². The fraction of sp³-hybridized carbons (Fsp3) is 0.333. The molecule has 0 aromatic heterocycles. The summed E-state index contributed by atoms with van der Waals surface area (Å²) in [6.07, 6.45) is 4.22. The molecule has 0 bridgehead atoms. The number of carbonyl (C=O) groups is 3.